The molecule has 136 valence electrons. The largest absolute Gasteiger partial charge is 0.490 e. The van der Waals surface area contributed by atoms with Crippen molar-refractivity contribution >= 4 is 11.6 Å². The van der Waals surface area contributed by atoms with Crippen LogP contribution in [0, 0.1) is 11.3 Å². The summed E-state index contributed by atoms with van der Waals surface area (Å²) in [5.41, 5.74) is 0.617. The maximum absolute atomic E-state index is 12.1. The lowest BCUT2D eigenvalue weighted by molar-refractivity contribution is -0.117. The minimum absolute atomic E-state index is 0.0524. The van der Waals surface area contributed by atoms with Crippen LogP contribution < -0.4 is 20.1 Å². The molecular weight excluding hydrogens is 334 g/mol. The number of hydrogen-bond donors (Lipinski definition) is 2. The Balaban J connectivity index is 2.04. The molecule has 0 aliphatic carbocycles. The summed E-state index contributed by atoms with van der Waals surface area (Å²) in [6.45, 7) is 5.01. The average Bonchev–Trinajstić information content (AvgIpc) is 3.16. The molecule has 7 nitrogen and oxygen atoms in total. The highest BCUT2D eigenvalue weighted by Crippen LogP contribution is 2.30. The lowest BCUT2D eigenvalue weighted by atomic mass is 10.2. The summed E-state index contributed by atoms with van der Waals surface area (Å²) in [7, 11) is 0. The SMILES string of the molecule is CCOc1ccc(N/C=C(/C#N)C(=O)NCc2ccco2)cc1OCC. The Hall–Kier alpha value is -3.40. The van der Waals surface area contributed by atoms with E-state index in [1.807, 2.05) is 19.9 Å². The molecule has 2 rings (SSSR count). The molecule has 0 fully saturated rings. The van der Waals surface area contributed by atoms with Gasteiger partial charge in [-0.25, -0.2) is 0 Å². The van der Waals surface area contributed by atoms with Crippen molar-refractivity contribution in [2.45, 2.75) is 20.4 Å². The van der Waals surface area contributed by atoms with Gasteiger partial charge in [-0.05, 0) is 38.1 Å². The van der Waals surface area contributed by atoms with Crippen molar-refractivity contribution in [2.24, 2.45) is 0 Å². The molecule has 0 unspecified atom stereocenters. The molecule has 0 aliphatic rings. The molecule has 0 aliphatic heterocycles. The first kappa shape index (κ1) is 18.9. The fourth-order valence-corrected chi connectivity index (χ4v) is 2.12. The molecular formula is C19H21N3O4. The average molecular weight is 355 g/mol. The predicted molar refractivity (Wildman–Crippen MR) is 96.7 cm³/mol. The van der Waals surface area contributed by atoms with Crippen LogP contribution in [0.4, 0.5) is 5.69 Å². The van der Waals surface area contributed by atoms with Gasteiger partial charge in [0.25, 0.3) is 5.91 Å². The molecule has 2 aromatic rings. The third-order valence-electron chi connectivity index (χ3n) is 3.29. The number of benzene rings is 1. The number of carbonyl (C=O) groups is 1. The first-order chi connectivity index (χ1) is 12.7. The standard InChI is InChI=1S/C19H21N3O4/c1-3-24-17-8-7-15(10-18(17)25-4-2)21-12-14(11-20)19(23)22-13-16-6-5-9-26-16/h5-10,12,21H,3-4,13H2,1-2H3,(H,22,23)/b14-12-. The molecule has 0 bridgehead atoms. The minimum atomic E-state index is -0.493. The quantitative estimate of drug-likeness (QED) is 0.530. The number of nitriles is 1. The van der Waals surface area contributed by atoms with Gasteiger partial charge in [-0.3, -0.25) is 4.79 Å². The first-order valence-electron chi connectivity index (χ1n) is 8.25. The van der Waals surface area contributed by atoms with Gasteiger partial charge in [-0.1, -0.05) is 0 Å². The number of rotatable bonds is 9. The number of nitrogens with one attached hydrogen (secondary N) is 2. The van der Waals surface area contributed by atoms with Gasteiger partial charge < -0.3 is 24.5 Å². The zero-order valence-electron chi connectivity index (χ0n) is 14.7. The number of ether oxygens (including phenoxy) is 2. The van der Waals surface area contributed by atoms with Gasteiger partial charge in [0.2, 0.25) is 0 Å². The molecule has 1 amide bonds. The lowest BCUT2D eigenvalue weighted by Gasteiger charge is -2.12. The van der Waals surface area contributed by atoms with Crippen LogP contribution in [-0.2, 0) is 11.3 Å². The van der Waals surface area contributed by atoms with E-state index in [1.54, 1.807) is 30.3 Å². The van der Waals surface area contributed by atoms with E-state index < -0.39 is 5.91 Å². The second-order valence-electron chi connectivity index (χ2n) is 5.10. The van der Waals surface area contributed by atoms with Crippen molar-refractivity contribution in [3.8, 4) is 17.6 Å². The Kier molecular flexibility index (Phi) is 7.13. The highest BCUT2D eigenvalue weighted by Gasteiger charge is 2.10. The molecule has 1 aromatic carbocycles. The van der Waals surface area contributed by atoms with Gasteiger partial charge in [-0.15, -0.1) is 0 Å². The Morgan fingerprint density at radius 1 is 1.23 bits per heavy atom. The monoisotopic (exact) mass is 355 g/mol. The van der Waals surface area contributed by atoms with Crippen molar-refractivity contribution in [3.05, 3.63) is 54.1 Å². The van der Waals surface area contributed by atoms with Gasteiger partial charge in [0.15, 0.2) is 11.5 Å². The number of hydrogen-bond acceptors (Lipinski definition) is 6. The Labute approximate surface area is 152 Å². The number of furan rings is 1. The molecule has 2 N–H and O–H groups in total. The highest BCUT2D eigenvalue weighted by atomic mass is 16.5. The van der Waals surface area contributed by atoms with Crippen molar-refractivity contribution < 1.29 is 18.7 Å². The Morgan fingerprint density at radius 2 is 2.00 bits per heavy atom. The number of nitrogens with zero attached hydrogens (tertiary/aromatic N) is 1. The molecule has 26 heavy (non-hydrogen) atoms. The third kappa shape index (κ3) is 5.31. The van der Waals surface area contributed by atoms with Crippen LogP contribution in [0.15, 0.2) is 52.8 Å². The summed E-state index contributed by atoms with van der Waals surface area (Å²) in [6.07, 6.45) is 2.87. The van der Waals surface area contributed by atoms with E-state index >= 15 is 0 Å². The van der Waals surface area contributed by atoms with Crippen molar-refractivity contribution in [3.63, 3.8) is 0 Å². The highest BCUT2D eigenvalue weighted by molar-refractivity contribution is 5.97. The number of amides is 1. The predicted octanol–water partition coefficient (Wildman–Crippen LogP) is 3.21. The fraction of sp³-hybridized carbons (Fsp3) is 0.263. The van der Waals surface area contributed by atoms with Crippen LogP contribution in [0.25, 0.3) is 0 Å². The van der Waals surface area contributed by atoms with Crippen molar-refractivity contribution in [1.29, 1.82) is 5.26 Å². The summed E-state index contributed by atoms with van der Waals surface area (Å²) < 4.78 is 16.2. The summed E-state index contributed by atoms with van der Waals surface area (Å²) in [6, 6.07) is 10.6. The van der Waals surface area contributed by atoms with Gasteiger partial charge in [-0.2, -0.15) is 5.26 Å². The maximum atomic E-state index is 12.1. The lowest BCUT2D eigenvalue weighted by Crippen LogP contribution is -2.24. The Bertz CT molecular complexity index is 792. The van der Waals surface area contributed by atoms with Crippen LogP contribution in [0.3, 0.4) is 0 Å². The van der Waals surface area contributed by atoms with Crippen molar-refractivity contribution in [2.75, 3.05) is 18.5 Å². The first-order valence-corrected chi connectivity index (χ1v) is 8.25. The summed E-state index contributed by atoms with van der Waals surface area (Å²) in [5.74, 6) is 1.35. The van der Waals surface area contributed by atoms with E-state index in [1.165, 1.54) is 12.5 Å². The van der Waals surface area contributed by atoms with Crippen LogP contribution in [0.2, 0.25) is 0 Å². The molecule has 0 atom stereocenters. The van der Waals surface area contributed by atoms with Crippen molar-refractivity contribution in [1.82, 2.24) is 5.32 Å². The van der Waals surface area contributed by atoms with E-state index in [0.717, 1.165) is 0 Å². The van der Waals surface area contributed by atoms with E-state index in [0.29, 0.717) is 36.2 Å². The summed E-state index contributed by atoms with van der Waals surface area (Å²) >= 11 is 0. The zero-order valence-corrected chi connectivity index (χ0v) is 14.7. The molecule has 7 heteroatoms. The van der Waals surface area contributed by atoms with Crippen LogP contribution in [0.5, 0.6) is 11.5 Å². The molecule has 1 aromatic heterocycles. The van der Waals surface area contributed by atoms with Crippen LogP contribution in [-0.4, -0.2) is 19.1 Å². The minimum Gasteiger partial charge on any atom is -0.490 e. The molecule has 1 heterocycles. The summed E-state index contributed by atoms with van der Waals surface area (Å²) in [4.78, 5) is 12.1. The smallest absolute Gasteiger partial charge is 0.263 e. The van der Waals surface area contributed by atoms with E-state index in [2.05, 4.69) is 10.6 Å². The van der Waals surface area contributed by atoms with Gasteiger partial charge >= 0.3 is 0 Å². The third-order valence-corrected chi connectivity index (χ3v) is 3.29. The molecule has 0 spiro atoms. The molecule has 0 radical (unpaired) electrons. The van der Waals surface area contributed by atoms with E-state index in [4.69, 9.17) is 13.9 Å². The van der Waals surface area contributed by atoms with Gasteiger partial charge in [0, 0.05) is 18.0 Å². The van der Waals surface area contributed by atoms with Crippen LogP contribution in [0.1, 0.15) is 19.6 Å². The second kappa shape index (κ2) is 9.79. The normalized spacial score (nSPS) is 10.7. The van der Waals surface area contributed by atoms with Gasteiger partial charge in [0.05, 0.1) is 26.0 Å². The zero-order chi connectivity index (χ0) is 18.8. The molecule has 0 saturated carbocycles. The van der Waals surface area contributed by atoms with E-state index in [-0.39, 0.29) is 12.1 Å². The number of anilines is 1. The Morgan fingerprint density at radius 3 is 2.65 bits per heavy atom. The topological polar surface area (TPSA) is 96.5 Å². The second-order valence-corrected chi connectivity index (χ2v) is 5.10. The van der Waals surface area contributed by atoms with Crippen LogP contribution >= 0.6 is 0 Å². The van der Waals surface area contributed by atoms with E-state index in [9.17, 15) is 10.1 Å². The summed E-state index contributed by atoms with van der Waals surface area (Å²) in [5, 5.41) is 14.8. The maximum Gasteiger partial charge on any atom is 0.263 e. The van der Waals surface area contributed by atoms with Gasteiger partial charge in [0.1, 0.15) is 17.4 Å². The fourth-order valence-electron chi connectivity index (χ4n) is 2.12. The molecule has 0 saturated heterocycles. The number of carbonyl (C=O) groups excluding carboxylic acids is 1.